The number of carboxylic acids is 1. The molecule has 0 spiro atoms. The number of carbonyl (C=O) groups is 1. The maximum Gasteiger partial charge on any atom is 0.337 e. The number of aryl methyl sites for hydroxylation is 2. The second-order valence-corrected chi connectivity index (χ2v) is 11.8. The fraction of sp³-hybridized carbons (Fsp3) is 0.303. The third kappa shape index (κ3) is 5.30. The molecular weight excluding hydrogens is 544 g/mol. The molecule has 3 aromatic heterocycles. The normalized spacial score (nSPS) is 13.8. The Kier molecular flexibility index (Phi) is 7.09. The van der Waals surface area contributed by atoms with Crippen LogP contribution in [0.2, 0.25) is 0 Å². The fourth-order valence-electron chi connectivity index (χ4n) is 5.80. The lowest BCUT2D eigenvalue weighted by molar-refractivity contribution is -0.160. The number of carboxylic acid groups (broad SMARTS) is 1. The van der Waals surface area contributed by atoms with Crippen molar-refractivity contribution >= 4 is 28.5 Å². The zero-order valence-corrected chi connectivity index (χ0v) is 25.1. The van der Waals surface area contributed by atoms with Gasteiger partial charge in [0.15, 0.2) is 11.9 Å². The molecule has 6 rings (SSSR count). The van der Waals surface area contributed by atoms with Gasteiger partial charge < -0.3 is 24.0 Å². The molecule has 4 heterocycles. The zero-order chi connectivity index (χ0) is 30.5. The lowest BCUT2D eigenvalue weighted by Gasteiger charge is -2.35. The van der Waals surface area contributed by atoms with E-state index in [0.717, 1.165) is 51.1 Å². The summed E-state index contributed by atoms with van der Waals surface area (Å²) in [6.07, 6.45) is 3.58. The van der Waals surface area contributed by atoms with E-state index >= 15 is 0 Å². The summed E-state index contributed by atoms with van der Waals surface area (Å²) in [5.41, 5.74) is 6.65. The van der Waals surface area contributed by atoms with Crippen LogP contribution in [0.15, 0.2) is 61.1 Å². The number of hydrogen-bond acceptors (Lipinski definition) is 8. The summed E-state index contributed by atoms with van der Waals surface area (Å²) >= 11 is 0. The SMILES string of the molecule is Cc1ccc(-c2c([C@H](OC(C)(C)C)C(=O)O)c(C)c3c4c2cc(C)n4CCN3c2ncc(Oc3cccnn3)cn2)cc1. The second kappa shape index (κ2) is 10.8. The molecule has 220 valence electrons. The number of benzene rings is 2. The smallest absolute Gasteiger partial charge is 0.337 e. The summed E-state index contributed by atoms with van der Waals surface area (Å²) < 4.78 is 14.3. The van der Waals surface area contributed by atoms with Gasteiger partial charge in [-0.2, -0.15) is 5.10 Å². The molecule has 43 heavy (non-hydrogen) atoms. The molecule has 10 nitrogen and oxygen atoms in total. The lowest BCUT2D eigenvalue weighted by Crippen LogP contribution is -2.32. The van der Waals surface area contributed by atoms with Gasteiger partial charge in [0, 0.05) is 42.0 Å². The number of rotatable bonds is 7. The van der Waals surface area contributed by atoms with Gasteiger partial charge in [0.25, 0.3) is 0 Å². The Morgan fingerprint density at radius 1 is 1.02 bits per heavy atom. The number of aromatic nitrogens is 5. The van der Waals surface area contributed by atoms with Crippen LogP contribution in [0.3, 0.4) is 0 Å². The first kappa shape index (κ1) is 28.3. The van der Waals surface area contributed by atoms with E-state index < -0.39 is 17.7 Å². The summed E-state index contributed by atoms with van der Waals surface area (Å²) in [5, 5.41) is 19.3. The highest BCUT2D eigenvalue weighted by atomic mass is 16.5. The van der Waals surface area contributed by atoms with Crippen LogP contribution in [0.4, 0.5) is 11.6 Å². The Bertz CT molecular complexity index is 1810. The van der Waals surface area contributed by atoms with E-state index in [4.69, 9.17) is 9.47 Å². The van der Waals surface area contributed by atoms with Crippen LogP contribution in [0.25, 0.3) is 22.0 Å². The predicted molar refractivity (Wildman–Crippen MR) is 164 cm³/mol. The highest BCUT2D eigenvalue weighted by Gasteiger charge is 2.36. The summed E-state index contributed by atoms with van der Waals surface area (Å²) in [6, 6.07) is 13.8. The average Bonchev–Trinajstić information content (AvgIpc) is 3.31. The van der Waals surface area contributed by atoms with Crippen molar-refractivity contribution in [3.63, 3.8) is 0 Å². The van der Waals surface area contributed by atoms with E-state index in [0.29, 0.717) is 29.7 Å². The van der Waals surface area contributed by atoms with Crippen molar-refractivity contribution in [1.82, 2.24) is 24.7 Å². The number of ether oxygens (including phenoxy) is 2. The Morgan fingerprint density at radius 2 is 1.74 bits per heavy atom. The predicted octanol–water partition coefficient (Wildman–Crippen LogP) is 6.70. The molecule has 0 saturated heterocycles. The van der Waals surface area contributed by atoms with Crippen LogP contribution in [0.5, 0.6) is 11.6 Å². The number of anilines is 2. The second-order valence-electron chi connectivity index (χ2n) is 11.8. The first-order valence-corrected chi connectivity index (χ1v) is 14.2. The molecule has 1 N–H and O–H groups in total. The average molecular weight is 579 g/mol. The van der Waals surface area contributed by atoms with Crippen LogP contribution in [-0.2, 0) is 16.1 Å². The van der Waals surface area contributed by atoms with Crippen molar-refractivity contribution in [2.45, 2.75) is 59.8 Å². The van der Waals surface area contributed by atoms with Gasteiger partial charge in [-0.1, -0.05) is 29.8 Å². The van der Waals surface area contributed by atoms with Crippen molar-refractivity contribution in [2.24, 2.45) is 0 Å². The lowest BCUT2D eigenvalue weighted by atomic mass is 9.87. The molecule has 0 fully saturated rings. The molecule has 0 bridgehead atoms. The number of aliphatic carboxylic acids is 1. The fourth-order valence-corrected chi connectivity index (χ4v) is 5.80. The van der Waals surface area contributed by atoms with Gasteiger partial charge in [0.2, 0.25) is 11.8 Å². The van der Waals surface area contributed by atoms with E-state index in [1.165, 1.54) is 0 Å². The summed E-state index contributed by atoms with van der Waals surface area (Å²) in [4.78, 5) is 24.3. The molecule has 0 unspecified atom stereocenters. The maximum atomic E-state index is 12.9. The van der Waals surface area contributed by atoms with Crippen LogP contribution >= 0.6 is 0 Å². The number of hydrogen-bond donors (Lipinski definition) is 1. The van der Waals surface area contributed by atoms with Crippen molar-refractivity contribution in [3.8, 4) is 22.8 Å². The van der Waals surface area contributed by atoms with Crippen molar-refractivity contribution in [1.29, 1.82) is 0 Å². The van der Waals surface area contributed by atoms with Crippen LogP contribution < -0.4 is 9.64 Å². The van der Waals surface area contributed by atoms with Crippen LogP contribution in [0, 0.1) is 20.8 Å². The maximum absolute atomic E-state index is 12.9. The van der Waals surface area contributed by atoms with Crippen LogP contribution in [0.1, 0.15) is 49.3 Å². The van der Waals surface area contributed by atoms with Gasteiger partial charge in [-0.05, 0) is 70.4 Å². The van der Waals surface area contributed by atoms with Gasteiger partial charge in [-0.15, -0.1) is 5.10 Å². The van der Waals surface area contributed by atoms with E-state index in [1.807, 2.05) is 34.6 Å². The molecule has 0 radical (unpaired) electrons. The molecule has 2 aromatic carbocycles. The molecule has 0 aliphatic carbocycles. The summed E-state index contributed by atoms with van der Waals surface area (Å²) in [6.45, 7) is 13.0. The molecule has 10 heteroatoms. The third-order valence-electron chi connectivity index (χ3n) is 7.57. The van der Waals surface area contributed by atoms with E-state index in [9.17, 15) is 9.90 Å². The standard InChI is InChI=1S/C33H34N6O4/c1-19-9-11-22(12-10-19)27-24-16-20(2)38-14-15-39(32-34-17-23(18-35-32)42-25-8-7-13-36-37-25)28(29(24)38)21(3)26(27)30(31(40)41)43-33(4,5)6/h7-13,16-18,30H,14-15H2,1-6H3,(H,40,41)/t30-/m0/s1. The minimum Gasteiger partial charge on any atom is -0.479 e. The molecule has 5 aromatic rings. The zero-order valence-electron chi connectivity index (χ0n) is 25.1. The van der Waals surface area contributed by atoms with Gasteiger partial charge >= 0.3 is 5.97 Å². The molecule has 0 amide bonds. The van der Waals surface area contributed by atoms with Gasteiger partial charge in [-0.25, -0.2) is 14.8 Å². The quantitative estimate of drug-likeness (QED) is 0.225. The van der Waals surface area contributed by atoms with E-state index in [1.54, 1.807) is 30.7 Å². The monoisotopic (exact) mass is 578 g/mol. The van der Waals surface area contributed by atoms with E-state index in [2.05, 4.69) is 66.9 Å². The van der Waals surface area contributed by atoms with Crippen molar-refractivity contribution < 1.29 is 19.4 Å². The van der Waals surface area contributed by atoms with Gasteiger partial charge in [0.1, 0.15) is 0 Å². The molecule has 0 saturated carbocycles. The van der Waals surface area contributed by atoms with E-state index in [-0.39, 0.29) is 0 Å². The highest BCUT2D eigenvalue weighted by molar-refractivity contribution is 6.08. The first-order chi connectivity index (χ1) is 20.5. The minimum absolute atomic E-state index is 0.345. The minimum atomic E-state index is -1.20. The summed E-state index contributed by atoms with van der Waals surface area (Å²) in [5.74, 6) is 0.219. The summed E-state index contributed by atoms with van der Waals surface area (Å²) in [7, 11) is 0. The van der Waals surface area contributed by atoms with Crippen molar-refractivity contribution in [3.05, 3.63) is 83.4 Å². The topological polar surface area (TPSA) is 115 Å². The Morgan fingerprint density at radius 3 is 2.37 bits per heavy atom. The molecular formula is C33H34N6O4. The molecule has 1 atom stereocenters. The number of nitrogens with zero attached hydrogens (tertiary/aromatic N) is 6. The largest absolute Gasteiger partial charge is 0.479 e. The Hall–Kier alpha value is -4.83. The Labute approximate surface area is 250 Å². The Balaban J connectivity index is 1.57. The molecule has 1 aliphatic heterocycles. The highest BCUT2D eigenvalue weighted by Crippen LogP contribution is 2.49. The van der Waals surface area contributed by atoms with Crippen LogP contribution in [-0.4, -0.2) is 48.0 Å². The molecule has 1 aliphatic rings. The first-order valence-electron chi connectivity index (χ1n) is 14.2. The van der Waals surface area contributed by atoms with Gasteiger partial charge in [0.05, 0.1) is 29.2 Å². The van der Waals surface area contributed by atoms with Gasteiger partial charge in [-0.3, -0.25) is 0 Å². The van der Waals surface area contributed by atoms with Crippen molar-refractivity contribution in [2.75, 3.05) is 11.4 Å². The third-order valence-corrected chi connectivity index (χ3v) is 7.57.